The molecule has 152 valence electrons. The van der Waals surface area contributed by atoms with Crippen LogP contribution in [-0.2, 0) is 9.53 Å². The zero-order chi connectivity index (χ0) is 21.2. The molecule has 0 amide bonds. The number of H-pyrrole nitrogens is 1. The van der Waals surface area contributed by atoms with Crippen molar-refractivity contribution in [1.29, 1.82) is 0 Å². The molecule has 0 saturated carbocycles. The third-order valence-corrected chi connectivity index (χ3v) is 3.33. The number of carbonyl (C=O) groups is 1. The number of fused-ring (bicyclic) bond motifs is 1. The molecular weight excluding hydrogens is 380 g/mol. The normalized spacial score (nSPS) is 10.3. The van der Waals surface area contributed by atoms with E-state index in [0.717, 1.165) is 5.39 Å². The number of hydrogen-bond donors (Lipinski definition) is 2. The molecule has 3 heterocycles. The van der Waals surface area contributed by atoms with Gasteiger partial charge in [0.15, 0.2) is 0 Å². The number of aromatic amines is 1. The van der Waals surface area contributed by atoms with Gasteiger partial charge in [-0.15, -0.1) is 0 Å². The number of pyridine rings is 1. The number of carbonyl (C=O) groups excluding carboxylic acids is 1. The first-order chi connectivity index (χ1) is 14.0. The van der Waals surface area contributed by atoms with Gasteiger partial charge in [0.1, 0.15) is 11.5 Å². The average Bonchev–Trinajstić information content (AvgIpc) is 2.72. The maximum absolute atomic E-state index is 11.0. The van der Waals surface area contributed by atoms with Gasteiger partial charge in [0.2, 0.25) is 5.56 Å². The smallest absolute Gasteiger partial charge is 0.330 e. The molecule has 0 aliphatic heterocycles. The number of anilines is 1. The molecule has 0 bridgehead atoms. The van der Waals surface area contributed by atoms with Gasteiger partial charge >= 0.3 is 18.0 Å². The molecule has 0 fully saturated rings. The van der Waals surface area contributed by atoms with E-state index in [2.05, 4.69) is 24.9 Å². The Bertz CT molecular complexity index is 1070. The summed E-state index contributed by atoms with van der Waals surface area (Å²) in [6.07, 6.45) is 5.83. The van der Waals surface area contributed by atoms with Crippen LogP contribution in [0.2, 0.25) is 0 Å². The monoisotopic (exact) mass is 400 g/mol. The highest BCUT2D eigenvalue weighted by molar-refractivity contribution is 5.87. The van der Waals surface area contributed by atoms with Crippen LogP contribution in [0.3, 0.4) is 0 Å². The number of nitrogens with two attached hydrogens (primary N) is 1. The molecule has 29 heavy (non-hydrogen) atoms. The van der Waals surface area contributed by atoms with Gasteiger partial charge in [0.25, 0.3) is 0 Å². The first kappa shape index (κ1) is 21.3. The van der Waals surface area contributed by atoms with Crippen molar-refractivity contribution in [3.05, 3.63) is 46.5 Å². The predicted molar refractivity (Wildman–Crippen MR) is 105 cm³/mol. The van der Waals surface area contributed by atoms with Crippen molar-refractivity contribution in [3.8, 4) is 12.0 Å². The Kier molecular flexibility index (Phi) is 7.59. The van der Waals surface area contributed by atoms with Crippen LogP contribution in [0.1, 0.15) is 12.5 Å². The molecule has 3 aromatic rings. The van der Waals surface area contributed by atoms with E-state index >= 15 is 0 Å². The summed E-state index contributed by atoms with van der Waals surface area (Å²) >= 11 is 0. The Hall–Kier alpha value is -4.02. The quantitative estimate of drug-likeness (QED) is 0.467. The third-order valence-electron chi connectivity index (χ3n) is 3.33. The van der Waals surface area contributed by atoms with Crippen LogP contribution in [0.5, 0.6) is 12.0 Å². The fourth-order valence-electron chi connectivity index (χ4n) is 1.98. The lowest BCUT2D eigenvalue weighted by Crippen LogP contribution is -2.04. The maximum Gasteiger partial charge on any atom is 0.330 e. The molecule has 3 aromatic heterocycles. The van der Waals surface area contributed by atoms with Crippen LogP contribution in [0, 0.1) is 0 Å². The lowest BCUT2D eigenvalue weighted by molar-refractivity contribution is -0.137. The summed E-state index contributed by atoms with van der Waals surface area (Å²) < 4.78 is 14.3. The topological polar surface area (TPSA) is 155 Å². The van der Waals surface area contributed by atoms with Gasteiger partial charge in [-0.2, -0.15) is 9.97 Å². The van der Waals surface area contributed by atoms with E-state index in [1.807, 2.05) is 0 Å². The van der Waals surface area contributed by atoms with Gasteiger partial charge in [0, 0.05) is 35.5 Å². The fourth-order valence-corrected chi connectivity index (χ4v) is 1.98. The number of nitrogens with one attached hydrogen (secondary N) is 1. The molecule has 0 atom stereocenters. The molecule has 0 unspecified atom stereocenters. The molecule has 3 N–H and O–H groups in total. The molecule has 11 nitrogen and oxygen atoms in total. The maximum atomic E-state index is 11.0. The van der Waals surface area contributed by atoms with E-state index in [1.165, 1.54) is 38.6 Å². The second-order valence-corrected chi connectivity index (χ2v) is 5.27. The van der Waals surface area contributed by atoms with Gasteiger partial charge in [-0.25, -0.2) is 14.8 Å². The number of rotatable bonds is 5. The fraction of sp³-hybridized carbons (Fsp3) is 0.222. The summed E-state index contributed by atoms with van der Waals surface area (Å²) in [5, 5.41) is 0.778. The van der Waals surface area contributed by atoms with Crippen molar-refractivity contribution in [3.63, 3.8) is 0 Å². The largest absolute Gasteiger partial charge is 0.467 e. The Labute approximate surface area is 165 Å². The van der Waals surface area contributed by atoms with Gasteiger partial charge < -0.3 is 24.9 Å². The predicted octanol–water partition coefficient (Wildman–Crippen LogP) is 0.970. The molecule has 0 aliphatic rings. The second kappa shape index (κ2) is 10.3. The highest BCUT2D eigenvalue weighted by Gasteiger charge is 2.02. The number of nitrogens with zero attached hydrogens (tertiary/aromatic N) is 4. The lowest BCUT2D eigenvalue weighted by atomic mass is 10.3. The van der Waals surface area contributed by atoms with E-state index in [9.17, 15) is 9.59 Å². The van der Waals surface area contributed by atoms with Crippen molar-refractivity contribution in [2.75, 3.05) is 26.6 Å². The zero-order valence-corrected chi connectivity index (χ0v) is 16.1. The standard InChI is InChI=1S/C10H13N3O3.C8H7N3O2/c1-3-16-8(14)5-4-7-6-12-10(15-2)13-9(7)11;1-13-8-9-4-5-2-3-6(12)10-7(5)11-8/h4-6H,3H2,1-2H3,(H2,11,12,13);2-4H,1H3,(H,9,10,11,12). The van der Waals surface area contributed by atoms with Crippen molar-refractivity contribution >= 4 is 28.9 Å². The Morgan fingerprint density at radius 3 is 2.48 bits per heavy atom. The summed E-state index contributed by atoms with van der Waals surface area (Å²) in [5.41, 5.74) is 6.46. The van der Waals surface area contributed by atoms with Crippen LogP contribution in [-0.4, -0.2) is 51.7 Å². The van der Waals surface area contributed by atoms with Crippen LogP contribution in [0.25, 0.3) is 17.1 Å². The molecule has 0 aromatic carbocycles. The van der Waals surface area contributed by atoms with E-state index in [-0.39, 0.29) is 23.4 Å². The molecule has 0 saturated heterocycles. The summed E-state index contributed by atoms with van der Waals surface area (Å²) in [6, 6.07) is 3.52. The minimum absolute atomic E-state index is 0.186. The minimum Gasteiger partial charge on any atom is -0.467 e. The SMILES string of the molecule is CCOC(=O)C=Cc1cnc(OC)nc1N.COc1ncc2ccc(=O)[nH]c2n1. The molecule has 0 radical (unpaired) electrons. The van der Waals surface area contributed by atoms with E-state index < -0.39 is 5.97 Å². The highest BCUT2D eigenvalue weighted by Crippen LogP contribution is 2.12. The number of aromatic nitrogens is 5. The first-order valence-corrected chi connectivity index (χ1v) is 8.38. The van der Waals surface area contributed by atoms with Gasteiger partial charge in [-0.05, 0) is 19.1 Å². The van der Waals surface area contributed by atoms with Crippen molar-refractivity contribution in [2.24, 2.45) is 0 Å². The molecular formula is C18H20N6O5. The Balaban J connectivity index is 0.000000211. The highest BCUT2D eigenvalue weighted by atomic mass is 16.5. The van der Waals surface area contributed by atoms with Gasteiger partial charge in [0.05, 0.1) is 20.8 Å². The molecule has 3 rings (SSSR count). The van der Waals surface area contributed by atoms with Gasteiger partial charge in [-0.1, -0.05) is 0 Å². The second-order valence-electron chi connectivity index (χ2n) is 5.27. The zero-order valence-electron chi connectivity index (χ0n) is 16.1. The summed E-state index contributed by atoms with van der Waals surface area (Å²) in [6.45, 7) is 2.06. The third kappa shape index (κ3) is 6.27. The van der Waals surface area contributed by atoms with Crippen molar-refractivity contribution < 1.29 is 19.0 Å². The number of methoxy groups -OCH3 is 2. The number of esters is 1. The molecule has 0 aliphatic carbocycles. The Morgan fingerprint density at radius 1 is 1.14 bits per heavy atom. The molecule has 0 spiro atoms. The number of nitrogen functional groups attached to an aromatic ring is 1. The van der Waals surface area contributed by atoms with E-state index in [1.54, 1.807) is 19.2 Å². The summed E-state index contributed by atoms with van der Waals surface area (Å²) in [4.78, 5) is 40.1. The van der Waals surface area contributed by atoms with Crippen LogP contribution in [0.15, 0.2) is 35.4 Å². The Morgan fingerprint density at radius 2 is 1.83 bits per heavy atom. The van der Waals surface area contributed by atoms with Gasteiger partial charge in [-0.3, -0.25) is 4.79 Å². The summed E-state index contributed by atoms with van der Waals surface area (Å²) in [7, 11) is 2.92. The minimum atomic E-state index is -0.433. The first-order valence-electron chi connectivity index (χ1n) is 8.38. The van der Waals surface area contributed by atoms with Crippen LogP contribution >= 0.6 is 0 Å². The van der Waals surface area contributed by atoms with Crippen molar-refractivity contribution in [1.82, 2.24) is 24.9 Å². The lowest BCUT2D eigenvalue weighted by Gasteiger charge is -2.01. The van der Waals surface area contributed by atoms with E-state index in [4.69, 9.17) is 19.9 Å². The van der Waals surface area contributed by atoms with Crippen molar-refractivity contribution in [2.45, 2.75) is 6.92 Å². The number of ether oxygens (including phenoxy) is 3. The van der Waals surface area contributed by atoms with E-state index in [0.29, 0.717) is 17.8 Å². The molecule has 11 heteroatoms. The van der Waals surface area contributed by atoms with Crippen LogP contribution in [0.4, 0.5) is 5.82 Å². The summed E-state index contributed by atoms with van der Waals surface area (Å²) in [5.74, 6) is -0.190. The van der Waals surface area contributed by atoms with Crippen LogP contribution < -0.4 is 20.8 Å². The number of hydrogen-bond acceptors (Lipinski definition) is 10. The average molecular weight is 400 g/mol.